The molecule has 1 aliphatic carbocycles. The standard InChI is InChI=1S/C15H20O3/c1-14(2)5-9-10(6-14)15(3)4-8-7-17-13(16)11(8)12(9)18-15/h9-10,12H,4-7H2,1-3H3/t9-,10+,12-,15+/m1/s1. The highest BCUT2D eigenvalue weighted by atomic mass is 16.6. The van der Waals surface area contributed by atoms with Gasteiger partial charge in [0.1, 0.15) is 6.61 Å². The van der Waals surface area contributed by atoms with Gasteiger partial charge in [-0.1, -0.05) is 13.8 Å². The largest absolute Gasteiger partial charge is 0.458 e. The van der Waals surface area contributed by atoms with E-state index in [1.54, 1.807) is 0 Å². The highest BCUT2D eigenvalue weighted by Gasteiger charge is 2.62. The number of rotatable bonds is 0. The average molecular weight is 248 g/mol. The Hall–Kier alpha value is -0.830. The number of hydrogen-bond acceptors (Lipinski definition) is 3. The number of fused-ring (bicyclic) bond motifs is 6. The predicted molar refractivity (Wildman–Crippen MR) is 65.9 cm³/mol. The Morgan fingerprint density at radius 3 is 2.78 bits per heavy atom. The fourth-order valence-electron chi connectivity index (χ4n) is 4.85. The SMILES string of the molecule is CC1(C)C[C@H]2[C@H]3O[C@@](C)(CC4=C3C(=O)OC4)[C@H]2C1. The zero-order valence-electron chi connectivity index (χ0n) is 11.3. The summed E-state index contributed by atoms with van der Waals surface area (Å²) in [6.45, 7) is 7.42. The zero-order valence-corrected chi connectivity index (χ0v) is 11.3. The molecule has 0 N–H and O–H groups in total. The Morgan fingerprint density at radius 2 is 2.00 bits per heavy atom. The van der Waals surface area contributed by atoms with E-state index in [9.17, 15) is 4.79 Å². The summed E-state index contributed by atoms with van der Waals surface area (Å²) >= 11 is 0. The van der Waals surface area contributed by atoms with Crippen molar-refractivity contribution in [2.45, 2.75) is 51.7 Å². The fraction of sp³-hybridized carbons (Fsp3) is 0.800. The van der Waals surface area contributed by atoms with Crippen molar-refractivity contribution in [2.24, 2.45) is 17.3 Å². The first-order chi connectivity index (χ1) is 8.40. The summed E-state index contributed by atoms with van der Waals surface area (Å²) in [6, 6.07) is 0. The third-order valence-corrected chi connectivity index (χ3v) is 5.47. The molecule has 3 heteroatoms. The highest BCUT2D eigenvalue weighted by Crippen LogP contribution is 2.62. The van der Waals surface area contributed by atoms with Gasteiger partial charge in [-0.3, -0.25) is 0 Å². The lowest BCUT2D eigenvalue weighted by Gasteiger charge is -2.35. The van der Waals surface area contributed by atoms with E-state index < -0.39 is 0 Å². The Labute approximate surface area is 108 Å². The summed E-state index contributed by atoms with van der Waals surface area (Å²) in [4.78, 5) is 11.9. The van der Waals surface area contributed by atoms with Crippen molar-refractivity contribution in [1.82, 2.24) is 0 Å². The molecule has 1 saturated carbocycles. The maximum Gasteiger partial charge on any atom is 0.337 e. The second-order valence-electron chi connectivity index (χ2n) is 7.46. The third-order valence-electron chi connectivity index (χ3n) is 5.47. The predicted octanol–water partition coefficient (Wildman–Crippen LogP) is 2.45. The molecule has 3 aliphatic heterocycles. The number of cyclic esters (lactones) is 1. The lowest BCUT2D eigenvalue weighted by atomic mass is 9.80. The van der Waals surface area contributed by atoms with E-state index in [1.165, 1.54) is 18.4 Å². The van der Waals surface area contributed by atoms with Gasteiger partial charge in [0.25, 0.3) is 0 Å². The van der Waals surface area contributed by atoms with Gasteiger partial charge in [0, 0.05) is 6.42 Å². The molecule has 0 radical (unpaired) electrons. The number of carbonyl (C=O) groups excluding carboxylic acids is 1. The van der Waals surface area contributed by atoms with Crippen molar-refractivity contribution in [2.75, 3.05) is 6.61 Å². The van der Waals surface area contributed by atoms with Crippen LogP contribution in [0.4, 0.5) is 0 Å². The maximum absolute atomic E-state index is 11.9. The third kappa shape index (κ3) is 1.21. The van der Waals surface area contributed by atoms with Crippen molar-refractivity contribution in [1.29, 1.82) is 0 Å². The van der Waals surface area contributed by atoms with Crippen LogP contribution >= 0.6 is 0 Å². The van der Waals surface area contributed by atoms with E-state index in [4.69, 9.17) is 9.47 Å². The molecule has 1 saturated heterocycles. The molecule has 4 atom stereocenters. The minimum absolute atomic E-state index is 0.0144. The molecule has 0 amide bonds. The van der Waals surface area contributed by atoms with Crippen molar-refractivity contribution in [3.05, 3.63) is 11.1 Å². The normalized spacial score (nSPS) is 48.2. The molecule has 0 spiro atoms. The maximum atomic E-state index is 11.9. The Morgan fingerprint density at radius 1 is 1.22 bits per heavy atom. The molecule has 4 rings (SSSR count). The quantitative estimate of drug-likeness (QED) is 0.618. The molecule has 18 heavy (non-hydrogen) atoms. The lowest BCUT2D eigenvalue weighted by molar-refractivity contribution is -0.137. The summed E-state index contributed by atoms with van der Waals surface area (Å²) < 4.78 is 11.5. The van der Waals surface area contributed by atoms with Crippen LogP contribution in [-0.4, -0.2) is 24.3 Å². The van der Waals surface area contributed by atoms with Crippen molar-refractivity contribution < 1.29 is 14.3 Å². The van der Waals surface area contributed by atoms with Gasteiger partial charge in [-0.25, -0.2) is 4.79 Å². The zero-order chi connectivity index (χ0) is 12.7. The molecule has 98 valence electrons. The Kier molecular flexibility index (Phi) is 1.84. The van der Waals surface area contributed by atoms with Crippen LogP contribution in [0.5, 0.6) is 0 Å². The van der Waals surface area contributed by atoms with Crippen molar-refractivity contribution in [3.8, 4) is 0 Å². The smallest absolute Gasteiger partial charge is 0.337 e. The van der Waals surface area contributed by atoms with Crippen LogP contribution in [0.2, 0.25) is 0 Å². The van der Waals surface area contributed by atoms with Crippen LogP contribution < -0.4 is 0 Å². The van der Waals surface area contributed by atoms with E-state index >= 15 is 0 Å². The second kappa shape index (κ2) is 3.01. The summed E-state index contributed by atoms with van der Waals surface area (Å²) in [6.07, 6.45) is 3.30. The summed E-state index contributed by atoms with van der Waals surface area (Å²) in [7, 11) is 0. The van der Waals surface area contributed by atoms with E-state index in [0.717, 1.165) is 12.0 Å². The summed E-state index contributed by atoms with van der Waals surface area (Å²) in [5.74, 6) is 1.00. The molecular weight excluding hydrogens is 228 g/mol. The molecule has 0 aromatic rings. The molecule has 4 aliphatic rings. The van der Waals surface area contributed by atoms with Crippen LogP contribution in [0.1, 0.15) is 40.0 Å². The van der Waals surface area contributed by atoms with Gasteiger partial charge in [-0.2, -0.15) is 0 Å². The first-order valence-corrected chi connectivity index (χ1v) is 6.97. The molecular formula is C15H20O3. The summed E-state index contributed by atoms with van der Waals surface area (Å²) in [5, 5.41) is 0. The lowest BCUT2D eigenvalue weighted by Crippen LogP contribution is -2.37. The van der Waals surface area contributed by atoms with E-state index in [-0.39, 0.29) is 17.7 Å². The first kappa shape index (κ1) is 11.0. The van der Waals surface area contributed by atoms with E-state index in [0.29, 0.717) is 23.9 Å². The minimum Gasteiger partial charge on any atom is -0.458 e. The van der Waals surface area contributed by atoms with Crippen LogP contribution in [0.15, 0.2) is 11.1 Å². The first-order valence-electron chi connectivity index (χ1n) is 6.97. The number of carbonyl (C=O) groups is 1. The molecule has 2 bridgehead atoms. The van der Waals surface area contributed by atoms with Gasteiger partial charge < -0.3 is 9.47 Å². The minimum atomic E-state index is -0.123. The fourth-order valence-corrected chi connectivity index (χ4v) is 4.85. The van der Waals surface area contributed by atoms with E-state index in [2.05, 4.69) is 20.8 Å². The summed E-state index contributed by atoms with van der Waals surface area (Å²) in [5.41, 5.74) is 2.42. The number of esters is 1. The monoisotopic (exact) mass is 248 g/mol. The highest BCUT2D eigenvalue weighted by molar-refractivity contribution is 5.93. The van der Waals surface area contributed by atoms with Crippen LogP contribution in [-0.2, 0) is 14.3 Å². The van der Waals surface area contributed by atoms with Gasteiger partial charge in [-0.05, 0) is 42.6 Å². The van der Waals surface area contributed by atoms with Gasteiger partial charge in [-0.15, -0.1) is 0 Å². The topological polar surface area (TPSA) is 35.5 Å². The second-order valence-corrected chi connectivity index (χ2v) is 7.46. The molecule has 0 unspecified atom stereocenters. The van der Waals surface area contributed by atoms with Gasteiger partial charge in [0.2, 0.25) is 0 Å². The molecule has 0 aromatic carbocycles. The molecule has 3 heterocycles. The van der Waals surface area contributed by atoms with Crippen molar-refractivity contribution in [3.63, 3.8) is 0 Å². The Balaban J connectivity index is 1.79. The van der Waals surface area contributed by atoms with Crippen LogP contribution in [0, 0.1) is 17.3 Å². The average Bonchev–Trinajstić information content (AvgIpc) is 2.83. The molecule has 0 aromatic heterocycles. The van der Waals surface area contributed by atoms with E-state index in [1.807, 2.05) is 0 Å². The number of hydrogen-bond donors (Lipinski definition) is 0. The Bertz CT molecular complexity index is 476. The number of ether oxygens (including phenoxy) is 2. The van der Waals surface area contributed by atoms with Crippen LogP contribution in [0.25, 0.3) is 0 Å². The molecule has 2 fully saturated rings. The van der Waals surface area contributed by atoms with Crippen LogP contribution in [0.3, 0.4) is 0 Å². The van der Waals surface area contributed by atoms with Gasteiger partial charge >= 0.3 is 5.97 Å². The van der Waals surface area contributed by atoms with Gasteiger partial charge in [0.05, 0.1) is 17.3 Å². The molecule has 3 nitrogen and oxygen atoms in total. The van der Waals surface area contributed by atoms with Gasteiger partial charge in [0.15, 0.2) is 0 Å². The van der Waals surface area contributed by atoms with Crippen molar-refractivity contribution >= 4 is 5.97 Å².